The molecule has 1 N–H and O–H groups in total. The van der Waals surface area contributed by atoms with Crippen LogP contribution >= 0.6 is 0 Å². The first-order valence-corrected chi connectivity index (χ1v) is 6.91. The number of aromatic nitrogens is 1. The number of nitrogens with zero attached hydrogens (tertiary/aromatic N) is 1. The van der Waals surface area contributed by atoms with Crippen LogP contribution < -0.4 is 5.32 Å². The van der Waals surface area contributed by atoms with E-state index in [0.29, 0.717) is 12.1 Å². The highest BCUT2D eigenvalue weighted by Gasteiger charge is 2.04. The van der Waals surface area contributed by atoms with Crippen LogP contribution in [0.2, 0.25) is 0 Å². The van der Waals surface area contributed by atoms with Crippen LogP contribution in [-0.4, -0.2) is 10.9 Å². The number of hydrogen-bond acceptors (Lipinski definition) is 2. The maximum atomic E-state index is 11.8. The molecule has 2 rings (SSSR count). The first kappa shape index (κ1) is 15.9. The lowest BCUT2D eigenvalue weighted by Crippen LogP contribution is -2.22. The minimum atomic E-state index is -0.0944. The van der Waals surface area contributed by atoms with E-state index in [-0.39, 0.29) is 5.91 Å². The third-order valence-corrected chi connectivity index (χ3v) is 2.75. The Morgan fingerprint density at radius 3 is 2.25 bits per heavy atom. The molecule has 1 heterocycles. The molecule has 0 aliphatic carbocycles. The fraction of sp³-hybridized carbons (Fsp3) is 0.294. The molecule has 1 aromatic carbocycles. The zero-order valence-electron chi connectivity index (χ0n) is 12.6. The van der Waals surface area contributed by atoms with E-state index in [4.69, 9.17) is 0 Å². The van der Waals surface area contributed by atoms with Crippen LogP contribution in [0, 0.1) is 13.8 Å². The molecule has 1 amide bonds. The number of aryl methyl sites for hydroxylation is 2. The summed E-state index contributed by atoms with van der Waals surface area (Å²) in [5.74, 6) is -0.0944. The minimum Gasteiger partial charge on any atom is -0.348 e. The Hall–Kier alpha value is -2.16. The van der Waals surface area contributed by atoms with E-state index >= 15 is 0 Å². The molecular weight excluding hydrogens is 248 g/mol. The Morgan fingerprint density at radius 1 is 1.05 bits per heavy atom. The molecule has 3 heteroatoms. The molecule has 0 saturated carbocycles. The summed E-state index contributed by atoms with van der Waals surface area (Å²) in [5, 5.41) is 2.88. The highest BCUT2D eigenvalue weighted by atomic mass is 16.1. The van der Waals surface area contributed by atoms with Gasteiger partial charge in [0.05, 0.1) is 5.56 Å². The zero-order valence-corrected chi connectivity index (χ0v) is 12.6. The van der Waals surface area contributed by atoms with Gasteiger partial charge in [-0.1, -0.05) is 43.7 Å². The average molecular weight is 270 g/mol. The summed E-state index contributed by atoms with van der Waals surface area (Å²) in [5.41, 5.74) is 3.81. The SMILES string of the molecule is CC.Cc1ccc(CNC(=O)c2ccc(C)nc2)cc1. The summed E-state index contributed by atoms with van der Waals surface area (Å²) in [6.07, 6.45) is 1.60. The van der Waals surface area contributed by atoms with Gasteiger partial charge in [-0.25, -0.2) is 0 Å². The van der Waals surface area contributed by atoms with Crippen LogP contribution in [-0.2, 0) is 6.54 Å². The number of carbonyl (C=O) groups is 1. The summed E-state index contributed by atoms with van der Waals surface area (Å²) in [4.78, 5) is 16.0. The third kappa shape index (κ3) is 4.84. The van der Waals surface area contributed by atoms with Crippen molar-refractivity contribution in [3.8, 4) is 0 Å². The largest absolute Gasteiger partial charge is 0.348 e. The predicted molar refractivity (Wildman–Crippen MR) is 82.7 cm³/mol. The number of carbonyl (C=O) groups excluding carboxylic acids is 1. The molecule has 0 bridgehead atoms. The van der Waals surface area contributed by atoms with Crippen molar-refractivity contribution in [3.63, 3.8) is 0 Å². The van der Waals surface area contributed by atoms with Gasteiger partial charge >= 0.3 is 0 Å². The van der Waals surface area contributed by atoms with Crippen molar-refractivity contribution < 1.29 is 4.79 Å². The van der Waals surface area contributed by atoms with Gasteiger partial charge in [0.25, 0.3) is 5.91 Å². The summed E-state index contributed by atoms with van der Waals surface area (Å²) >= 11 is 0. The number of hydrogen-bond donors (Lipinski definition) is 1. The molecule has 2 aromatic rings. The minimum absolute atomic E-state index is 0.0944. The Bertz CT molecular complexity index is 530. The van der Waals surface area contributed by atoms with Crippen LogP contribution in [0.25, 0.3) is 0 Å². The molecule has 0 fully saturated rings. The Kier molecular flexibility index (Phi) is 6.44. The van der Waals surface area contributed by atoms with Crippen molar-refractivity contribution >= 4 is 5.91 Å². The fourth-order valence-corrected chi connectivity index (χ4v) is 1.59. The average Bonchev–Trinajstić information content (AvgIpc) is 2.49. The summed E-state index contributed by atoms with van der Waals surface area (Å²) in [6.45, 7) is 8.47. The Balaban J connectivity index is 0.000000956. The fourth-order valence-electron chi connectivity index (χ4n) is 1.59. The van der Waals surface area contributed by atoms with Crippen molar-refractivity contribution in [3.05, 3.63) is 65.0 Å². The summed E-state index contributed by atoms with van der Waals surface area (Å²) in [7, 11) is 0. The van der Waals surface area contributed by atoms with Crippen LogP contribution in [0.4, 0.5) is 0 Å². The van der Waals surface area contributed by atoms with Crippen molar-refractivity contribution in [1.29, 1.82) is 0 Å². The molecule has 20 heavy (non-hydrogen) atoms. The lowest BCUT2D eigenvalue weighted by atomic mass is 10.1. The van der Waals surface area contributed by atoms with Gasteiger partial charge in [-0.3, -0.25) is 9.78 Å². The van der Waals surface area contributed by atoms with Crippen LogP contribution in [0.3, 0.4) is 0 Å². The molecule has 106 valence electrons. The molecular formula is C17H22N2O. The van der Waals surface area contributed by atoms with E-state index in [9.17, 15) is 4.79 Å². The number of nitrogens with one attached hydrogen (secondary N) is 1. The van der Waals surface area contributed by atoms with E-state index in [1.54, 1.807) is 12.3 Å². The maximum absolute atomic E-state index is 11.8. The predicted octanol–water partition coefficient (Wildman–Crippen LogP) is 3.65. The van der Waals surface area contributed by atoms with Gasteiger partial charge in [-0.05, 0) is 31.5 Å². The molecule has 3 nitrogen and oxygen atoms in total. The van der Waals surface area contributed by atoms with Gasteiger partial charge in [-0.15, -0.1) is 0 Å². The van der Waals surface area contributed by atoms with Gasteiger partial charge in [0.15, 0.2) is 0 Å². The lowest BCUT2D eigenvalue weighted by Gasteiger charge is -2.05. The molecule has 0 unspecified atom stereocenters. The van der Waals surface area contributed by atoms with E-state index in [1.807, 2.05) is 58.0 Å². The topological polar surface area (TPSA) is 42.0 Å². The van der Waals surface area contributed by atoms with Crippen molar-refractivity contribution in [2.24, 2.45) is 0 Å². The molecule has 0 aliphatic heterocycles. The molecule has 0 radical (unpaired) electrons. The summed E-state index contributed by atoms with van der Waals surface area (Å²) in [6, 6.07) is 11.7. The first-order valence-electron chi connectivity index (χ1n) is 6.91. The zero-order chi connectivity index (χ0) is 15.0. The van der Waals surface area contributed by atoms with Crippen molar-refractivity contribution in [2.45, 2.75) is 34.2 Å². The lowest BCUT2D eigenvalue weighted by molar-refractivity contribution is 0.0950. The van der Waals surface area contributed by atoms with Gasteiger partial charge in [0.1, 0.15) is 0 Å². The maximum Gasteiger partial charge on any atom is 0.253 e. The third-order valence-electron chi connectivity index (χ3n) is 2.75. The number of benzene rings is 1. The van der Waals surface area contributed by atoms with E-state index < -0.39 is 0 Å². The first-order chi connectivity index (χ1) is 9.65. The smallest absolute Gasteiger partial charge is 0.253 e. The quantitative estimate of drug-likeness (QED) is 0.925. The second kappa shape index (κ2) is 8.10. The van der Waals surface area contributed by atoms with Gasteiger partial charge < -0.3 is 5.32 Å². The van der Waals surface area contributed by atoms with Gasteiger partial charge in [0, 0.05) is 18.4 Å². The highest BCUT2D eigenvalue weighted by molar-refractivity contribution is 5.93. The van der Waals surface area contributed by atoms with E-state index in [0.717, 1.165) is 11.3 Å². The highest BCUT2D eigenvalue weighted by Crippen LogP contribution is 2.04. The normalized spacial score (nSPS) is 9.40. The molecule has 0 atom stereocenters. The van der Waals surface area contributed by atoms with Crippen LogP contribution in [0.15, 0.2) is 42.6 Å². The second-order valence-corrected chi connectivity index (χ2v) is 4.36. The molecule has 1 aromatic heterocycles. The van der Waals surface area contributed by atoms with Crippen molar-refractivity contribution in [2.75, 3.05) is 0 Å². The van der Waals surface area contributed by atoms with E-state index in [2.05, 4.69) is 10.3 Å². The second-order valence-electron chi connectivity index (χ2n) is 4.36. The van der Waals surface area contributed by atoms with Crippen LogP contribution in [0.5, 0.6) is 0 Å². The van der Waals surface area contributed by atoms with Crippen LogP contribution in [0.1, 0.15) is 41.0 Å². The molecule has 0 spiro atoms. The van der Waals surface area contributed by atoms with Gasteiger partial charge in [-0.2, -0.15) is 0 Å². The molecule has 0 saturated heterocycles. The number of rotatable bonds is 3. The standard InChI is InChI=1S/C15H16N2O.C2H6/c1-11-3-6-13(7-4-11)9-17-15(18)14-8-5-12(2)16-10-14;1-2/h3-8,10H,9H2,1-2H3,(H,17,18);1-2H3. The summed E-state index contributed by atoms with van der Waals surface area (Å²) < 4.78 is 0. The van der Waals surface area contributed by atoms with Crippen molar-refractivity contribution in [1.82, 2.24) is 10.3 Å². The molecule has 0 aliphatic rings. The number of amides is 1. The van der Waals surface area contributed by atoms with E-state index in [1.165, 1.54) is 5.56 Å². The Labute approximate surface area is 121 Å². The number of pyridine rings is 1. The Morgan fingerprint density at radius 2 is 1.70 bits per heavy atom. The monoisotopic (exact) mass is 270 g/mol. The van der Waals surface area contributed by atoms with Gasteiger partial charge in [0.2, 0.25) is 0 Å².